The van der Waals surface area contributed by atoms with Crippen molar-refractivity contribution in [3.05, 3.63) is 0 Å². The number of carbonyl (C=O) groups is 1. The molecule has 0 heterocycles. The molecule has 0 unspecified atom stereocenters. The number of sulfonamides is 1. The van der Waals surface area contributed by atoms with Crippen LogP contribution in [0.3, 0.4) is 0 Å². The SMILES string of the molecule is CCOC(=O)C1(S(N)(=O)=O)CCC1. The lowest BCUT2D eigenvalue weighted by molar-refractivity contribution is -0.148. The summed E-state index contributed by atoms with van der Waals surface area (Å²) in [5, 5.41) is 4.98. The van der Waals surface area contributed by atoms with Crippen molar-refractivity contribution < 1.29 is 17.9 Å². The second-order valence-corrected chi connectivity index (χ2v) is 4.98. The Morgan fingerprint density at radius 2 is 2.08 bits per heavy atom. The molecule has 0 atom stereocenters. The molecule has 0 aromatic carbocycles. The summed E-state index contributed by atoms with van der Waals surface area (Å²) < 4.78 is 25.5. The van der Waals surface area contributed by atoms with Crippen LogP contribution in [0.2, 0.25) is 0 Å². The molecular formula is C7H13NO4S. The van der Waals surface area contributed by atoms with Crippen LogP contribution in [0.15, 0.2) is 0 Å². The minimum atomic E-state index is -3.82. The molecule has 0 aromatic rings. The van der Waals surface area contributed by atoms with E-state index in [1.54, 1.807) is 6.92 Å². The van der Waals surface area contributed by atoms with Crippen molar-refractivity contribution in [3.63, 3.8) is 0 Å². The van der Waals surface area contributed by atoms with E-state index in [2.05, 4.69) is 4.74 Å². The summed E-state index contributed by atoms with van der Waals surface area (Å²) in [5.41, 5.74) is 0. The number of rotatable bonds is 3. The summed E-state index contributed by atoms with van der Waals surface area (Å²) in [4.78, 5) is 11.3. The maximum Gasteiger partial charge on any atom is 0.328 e. The first-order chi connectivity index (χ1) is 5.94. The molecule has 13 heavy (non-hydrogen) atoms. The Morgan fingerprint density at radius 1 is 1.54 bits per heavy atom. The van der Waals surface area contributed by atoms with E-state index in [0.29, 0.717) is 6.42 Å². The van der Waals surface area contributed by atoms with Crippen LogP contribution in [0.1, 0.15) is 26.2 Å². The summed E-state index contributed by atoms with van der Waals surface area (Å²) in [5.74, 6) is -0.705. The zero-order valence-corrected chi connectivity index (χ0v) is 8.26. The van der Waals surface area contributed by atoms with Crippen LogP contribution in [-0.4, -0.2) is 25.7 Å². The summed E-state index contributed by atoms with van der Waals surface area (Å²) in [6.07, 6.45) is 1.27. The maximum absolute atomic E-state index is 11.3. The zero-order valence-electron chi connectivity index (χ0n) is 7.45. The molecule has 0 radical (unpaired) electrons. The van der Waals surface area contributed by atoms with Crippen LogP contribution in [-0.2, 0) is 19.6 Å². The summed E-state index contributed by atoms with van der Waals surface area (Å²) in [6.45, 7) is 1.81. The van der Waals surface area contributed by atoms with Gasteiger partial charge in [0.25, 0.3) is 0 Å². The van der Waals surface area contributed by atoms with Crippen molar-refractivity contribution >= 4 is 16.0 Å². The van der Waals surface area contributed by atoms with Crippen LogP contribution in [0.25, 0.3) is 0 Å². The smallest absolute Gasteiger partial charge is 0.328 e. The average molecular weight is 207 g/mol. The molecular weight excluding hydrogens is 194 g/mol. The molecule has 0 bridgehead atoms. The van der Waals surface area contributed by atoms with Crippen molar-refractivity contribution in [1.82, 2.24) is 0 Å². The molecule has 76 valence electrons. The Labute approximate surface area is 77.3 Å². The van der Waals surface area contributed by atoms with Gasteiger partial charge in [-0.2, -0.15) is 0 Å². The Hall–Kier alpha value is -0.620. The zero-order chi connectivity index (χ0) is 10.1. The van der Waals surface area contributed by atoms with E-state index in [-0.39, 0.29) is 19.4 Å². The Morgan fingerprint density at radius 3 is 2.31 bits per heavy atom. The Bertz CT molecular complexity index is 304. The highest BCUT2D eigenvalue weighted by molar-refractivity contribution is 7.91. The van der Waals surface area contributed by atoms with Gasteiger partial charge in [0.15, 0.2) is 4.75 Å². The molecule has 1 fully saturated rings. The lowest BCUT2D eigenvalue weighted by Crippen LogP contribution is -2.55. The van der Waals surface area contributed by atoms with E-state index in [1.807, 2.05) is 0 Å². The summed E-state index contributed by atoms with van der Waals surface area (Å²) >= 11 is 0. The maximum atomic E-state index is 11.3. The molecule has 6 heteroatoms. The topological polar surface area (TPSA) is 86.5 Å². The molecule has 1 saturated carbocycles. The van der Waals surface area contributed by atoms with Gasteiger partial charge in [-0.1, -0.05) is 0 Å². The monoisotopic (exact) mass is 207 g/mol. The van der Waals surface area contributed by atoms with E-state index in [4.69, 9.17) is 5.14 Å². The highest BCUT2D eigenvalue weighted by Crippen LogP contribution is 2.38. The van der Waals surface area contributed by atoms with Gasteiger partial charge in [-0.05, 0) is 26.2 Å². The first kappa shape index (κ1) is 10.5. The third-order valence-corrected chi connectivity index (χ3v) is 4.02. The minimum Gasteiger partial charge on any atom is -0.465 e. The Kier molecular flexibility index (Phi) is 2.63. The standard InChI is InChI=1S/C7H13NO4S/c1-2-12-6(9)7(4-3-5-7)13(8,10)11/h2-5H2,1H3,(H2,8,10,11). The molecule has 1 aliphatic rings. The fourth-order valence-corrected chi connectivity index (χ4v) is 2.51. The van der Waals surface area contributed by atoms with Crippen molar-refractivity contribution in [1.29, 1.82) is 0 Å². The lowest BCUT2D eigenvalue weighted by atomic mass is 9.84. The van der Waals surface area contributed by atoms with Crippen molar-refractivity contribution in [3.8, 4) is 0 Å². The van der Waals surface area contributed by atoms with Gasteiger partial charge < -0.3 is 4.74 Å². The predicted molar refractivity (Wildman–Crippen MR) is 46.3 cm³/mol. The number of esters is 1. The van der Waals surface area contributed by atoms with Crippen LogP contribution < -0.4 is 5.14 Å². The van der Waals surface area contributed by atoms with Crippen molar-refractivity contribution in [2.24, 2.45) is 5.14 Å². The molecule has 0 aliphatic heterocycles. The molecule has 0 saturated heterocycles. The fourth-order valence-electron chi connectivity index (χ4n) is 1.37. The molecule has 0 aromatic heterocycles. The van der Waals surface area contributed by atoms with Crippen LogP contribution in [0.5, 0.6) is 0 Å². The number of ether oxygens (including phenoxy) is 1. The van der Waals surface area contributed by atoms with E-state index in [0.717, 1.165) is 0 Å². The molecule has 0 spiro atoms. The number of hydrogen-bond acceptors (Lipinski definition) is 4. The van der Waals surface area contributed by atoms with Gasteiger partial charge in [0.1, 0.15) is 0 Å². The van der Waals surface area contributed by atoms with Gasteiger partial charge in [-0.15, -0.1) is 0 Å². The second-order valence-electron chi connectivity index (χ2n) is 3.11. The number of nitrogens with two attached hydrogens (primary N) is 1. The van der Waals surface area contributed by atoms with E-state index in [1.165, 1.54) is 0 Å². The summed E-state index contributed by atoms with van der Waals surface area (Å²) in [7, 11) is -3.82. The summed E-state index contributed by atoms with van der Waals surface area (Å²) in [6, 6.07) is 0. The van der Waals surface area contributed by atoms with Crippen molar-refractivity contribution in [2.75, 3.05) is 6.61 Å². The van der Waals surface area contributed by atoms with Gasteiger partial charge >= 0.3 is 5.97 Å². The van der Waals surface area contributed by atoms with Gasteiger partial charge in [-0.25, -0.2) is 13.6 Å². The number of primary sulfonamides is 1. The molecule has 0 amide bonds. The molecule has 1 rings (SSSR count). The third kappa shape index (κ3) is 1.55. The normalized spacial score (nSPS) is 20.5. The predicted octanol–water partition coefficient (Wildman–Crippen LogP) is -0.239. The minimum absolute atomic E-state index is 0.177. The average Bonchev–Trinajstić information content (AvgIpc) is 1.80. The largest absolute Gasteiger partial charge is 0.465 e. The molecule has 1 aliphatic carbocycles. The molecule has 2 N–H and O–H groups in total. The van der Waals surface area contributed by atoms with Gasteiger partial charge in [-0.3, -0.25) is 4.79 Å². The van der Waals surface area contributed by atoms with E-state index < -0.39 is 20.7 Å². The quantitative estimate of drug-likeness (QED) is 0.647. The van der Waals surface area contributed by atoms with Crippen LogP contribution >= 0.6 is 0 Å². The van der Waals surface area contributed by atoms with E-state index >= 15 is 0 Å². The highest BCUT2D eigenvalue weighted by atomic mass is 32.2. The van der Waals surface area contributed by atoms with Gasteiger partial charge in [0.05, 0.1) is 6.61 Å². The van der Waals surface area contributed by atoms with Crippen molar-refractivity contribution in [2.45, 2.75) is 30.9 Å². The fraction of sp³-hybridized carbons (Fsp3) is 0.857. The van der Waals surface area contributed by atoms with Gasteiger partial charge in [0.2, 0.25) is 10.0 Å². The first-order valence-corrected chi connectivity index (χ1v) is 5.68. The van der Waals surface area contributed by atoms with E-state index in [9.17, 15) is 13.2 Å². The molecule has 5 nitrogen and oxygen atoms in total. The van der Waals surface area contributed by atoms with Crippen LogP contribution in [0, 0.1) is 0 Å². The second kappa shape index (κ2) is 3.26. The first-order valence-electron chi connectivity index (χ1n) is 4.13. The lowest BCUT2D eigenvalue weighted by Gasteiger charge is -2.36. The number of carbonyl (C=O) groups excluding carboxylic acids is 1. The Balaban J connectivity index is 2.89. The van der Waals surface area contributed by atoms with Gasteiger partial charge in [0, 0.05) is 0 Å². The highest BCUT2D eigenvalue weighted by Gasteiger charge is 2.55. The number of hydrogen-bond donors (Lipinski definition) is 1. The van der Waals surface area contributed by atoms with Crippen LogP contribution in [0.4, 0.5) is 0 Å². The third-order valence-electron chi connectivity index (χ3n) is 2.35.